The number of benzene rings is 1. The Labute approximate surface area is 91.4 Å². The molecular formula is C8H4BrClF2N2. The highest BCUT2D eigenvalue weighted by Crippen LogP contribution is 2.36. The summed E-state index contributed by atoms with van der Waals surface area (Å²) in [7, 11) is 0. The fourth-order valence-electron chi connectivity index (χ4n) is 1.27. The van der Waals surface area contributed by atoms with Gasteiger partial charge in [-0.05, 0) is 6.07 Å². The minimum Gasteiger partial charge on any atom is -0.277 e. The van der Waals surface area contributed by atoms with Crippen LogP contribution in [-0.2, 0) is 0 Å². The second kappa shape index (κ2) is 3.47. The summed E-state index contributed by atoms with van der Waals surface area (Å²) in [6.45, 7) is 0. The number of nitrogens with one attached hydrogen (secondary N) is 1. The molecule has 1 aromatic carbocycles. The van der Waals surface area contributed by atoms with Crippen molar-refractivity contribution in [1.29, 1.82) is 0 Å². The van der Waals surface area contributed by atoms with Crippen molar-refractivity contribution in [3.8, 4) is 0 Å². The monoisotopic (exact) mass is 280 g/mol. The highest BCUT2D eigenvalue weighted by Gasteiger charge is 2.18. The van der Waals surface area contributed by atoms with E-state index in [1.165, 1.54) is 12.3 Å². The molecule has 0 radical (unpaired) electrons. The van der Waals surface area contributed by atoms with Crippen molar-refractivity contribution in [3.63, 3.8) is 0 Å². The van der Waals surface area contributed by atoms with Crippen molar-refractivity contribution >= 4 is 38.4 Å². The number of aromatic nitrogens is 2. The SMILES string of the molecule is FC(F)c1c(Br)cc(Cl)c2cn[nH]c12. The van der Waals surface area contributed by atoms with E-state index in [9.17, 15) is 8.78 Å². The molecule has 0 saturated heterocycles. The van der Waals surface area contributed by atoms with Crippen molar-refractivity contribution in [2.75, 3.05) is 0 Å². The summed E-state index contributed by atoms with van der Waals surface area (Å²) in [5.41, 5.74) is 0.168. The molecule has 1 heterocycles. The standard InChI is InChI=1S/C8H4BrClF2N2/c9-4-1-5(10)3-2-13-14-7(3)6(4)8(11)12/h1-2,8H,(H,13,14). The first-order valence-electron chi connectivity index (χ1n) is 3.70. The van der Waals surface area contributed by atoms with E-state index in [0.29, 0.717) is 10.4 Å². The Hall–Kier alpha value is -0.680. The van der Waals surface area contributed by atoms with E-state index < -0.39 is 6.43 Å². The van der Waals surface area contributed by atoms with Crippen molar-refractivity contribution in [1.82, 2.24) is 10.2 Å². The lowest BCUT2D eigenvalue weighted by Gasteiger charge is -2.05. The van der Waals surface area contributed by atoms with Crippen LogP contribution in [0.15, 0.2) is 16.7 Å². The minimum absolute atomic E-state index is 0.109. The zero-order valence-electron chi connectivity index (χ0n) is 6.69. The molecule has 0 bridgehead atoms. The summed E-state index contributed by atoms with van der Waals surface area (Å²) >= 11 is 8.89. The number of halogens is 4. The lowest BCUT2D eigenvalue weighted by molar-refractivity contribution is 0.152. The Balaban J connectivity index is 2.86. The van der Waals surface area contributed by atoms with Crippen LogP contribution in [0.25, 0.3) is 10.9 Å². The van der Waals surface area contributed by atoms with E-state index in [1.807, 2.05) is 0 Å². The first kappa shape index (κ1) is 9.86. The molecule has 0 aliphatic heterocycles. The van der Waals surface area contributed by atoms with Crippen molar-refractivity contribution in [2.24, 2.45) is 0 Å². The van der Waals surface area contributed by atoms with Gasteiger partial charge in [-0.15, -0.1) is 0 Å². The van der Waals surface area contributed by atoms with E-state index in [2.05, 4.69) is 26.1 Å². The van der Waals surface area contributed by atoms with Gasteiger partial charge in [0, 0.05) is 9.86 Å². The van der Waals surface area contributed by atoms with E-state index in [4.69, 9.17) is 11.6 Å². The second-order valence-electron chi connectivity index (χ2n) is 2.71. The highest BCUT2D eigenvalue weighted by atomic mass is 79.9. The molecule has 2 rings (SSSR count). The second-order valence-corrected chi connectivity index (χ2v) is 3.97. The van der Waals surface area contributed by atoms with Gasteiger partial charge in [-0.1, -0.05) is 27.5 Å². The molecule has 0 atom stereocenters. The van der Waals surface area contributed by atoms with Crippen LogP contribution in [0.2, 0.25) is 5.02 Å². The number of H-pyrrole nitrogens is 1. The van der Waals surface area contributed by atoms with E-state index in [1.54, 1.807) is 0 Å². The minimum atomic E-state index is -2.57. The van der Waals surface area contributed by atoms with Gasteiger partial charge in [-0.2, -0.15) is 5.10 Å². The molecule has 0 aliphatic rings. The Bertz CT molecular complexity index is 483. The summed E-state index contributed by atoms with van der Waals surface area (Å²) in [4.78, 5) is 0. The molecular weight excluding hydrogens is 277 g/mol. The van der Waals surface area contributed by atoms with Crippen LogP contribution < -0.4 is 0 Å². The average Bonchev–Trinajstić information content (AvgIpc) is 2.51. The van der Waals surface area contributed by atoms with Gasteiger partial charge in [0.25, 0.3) is 6.43 Å². The molecule has 2 aromatic rings. The van der Waals surface area contributed by atoms with Gasteiger partial charge in [0.15, 0.2) is 0 Å². The predicted octanol–water partition coefficient (Wildman–Crippen LogP) is 3.92. The number of hydrogen-bond donors (Lipinski definition) is 1. The van der Waals surface area contributed by atoms with Crippen molar-refractivity contribution < 1.29 is 8.78 Å². The zero-order valence-corrected chi connectivity index (χ0v) is 9.03. The van der Waals surface area contributed by atoms with Gasteiger partial charge in [0.05, 0.1) is 22.3 Å². The Morgan fingerprint density at radius 1 is 1.50 bits per heavy atom. The Kier molecular flexibility index (Phi) is 2.45. The van der Waals surface area contributed by atoms with Gasteiger partial charge in [0.1, 0.15) is 0 Å². The van der Waals surface area contributed by atoms with E-state index >= 15 is 0 Å². The molecule has 0 saturated carbocycles. The van der Waals surface area contributed by atoms with Crippen LogP contribution in [0.3, 0.4) is 0 Å². The smallest absolute Gasteiger partial charge is 0.267 e. The van der Waals surface area contributed by atoms with Gasteiger partial charge in [-0.25, -0.2) is 8.78 Å². The first-order chi connectivity index (χ1) is 6.61. The predicted molar refractivity (Wildman–Crippen MR) is 53.8 cm³/mol. The van der Waals surface area contributed by atoms with Crippen molar-refractivity contribution in [2.45, 2.75) is 6.43 Å². The van der Waals surface area contributed by atoms with Gasteiger partial charge >= 0.3 is 0 Å². The molecule has 0 aliphatic carbocycles. The molecule has 0 fully saturated rings. The lowest BCUT2D eigenvalue weighted by Crippen LogP contribution is -1.89. The van der Waals surface area contributed by atoms with Crippen LogP contribution in [0.4, 0.5) is 8.78 Å². The summed E-state index contributed by atoms with van der Waals surface area (Å²) in [6.07, 6.45) is -1.14. The molecule has 1 N–H and O–H groups in total. The summed E-state index contributed by atoms with van der Waals surface area (Å²) in [6, 6.07) is 1.45. The molecule has 2 nitrogen and oxygen atoms in total. The molecule has 6 heteroatoms. The van der Waals surface area contributed by atoms with Crippen LogP contribution in [0, 0.1) is 0 Å². The molecule has 14 heavy (non-hydrogen) atoms. The normalized spacial score (nSPS) is 11.5. The third-order valence-corrected chi connectivity index (χ3v) is 2.86. The maximum Gasteiger partial charge on any atom is 0.267 e. The number of fused-ring (bicyclic) bond motifs is 1. The maximum absolute atomic E-state index is 12.6. The molecule has 0 unspecified atom stereocenters. The van der Waals surface area contributed by atoms with Gasteiger partial charge in [-0.3, -0.25) is 5.10 Å². The van der Waals surface area contributed by atoms with Crippen LogP contribution in [0.1, 0.15) is 12.0 Å². The fourth-order valence-corrected chi connectivity index (χ4v) is 2.26. The number of aromatic amines is 1. The number of nitrogens with zero attached hydrogens (tertiary/aromatic N) is 1. The van der Waals surface area contributed by atoms with Gasteiger partial charge in [0.2, 0.25) is 0 Å². The van der Waals surface area contributed by atoms with Crippen molar-refractivity contribution in [3.05, 3.63) is 27.3 Å². The average molecular weight is 281 g/mol. The quantitative estimate of drug-likeness (QED) is 0.843. The molecule has 0 spiro atoms. The number of hydrogen-bond acceptors (Lipinski definition) is 1. The van der Waals surface area contributed by atoms with E-state index in [-0.39, 0.29) is 15.6 Å². The first-order valence-corrected chi connectivity index (χ1v) is 4.87. The van der Waals surface area contributed by atoms with Crippen LogP contribution in [0.5, 0.6) is 0 Å². The third kappa shape index (κ3) is 1.40. The molecule has 1 aromatic heterocycles. The largest absolute Gasteiger partial charge is 0.277 e. The lowest BCUT2D eigenvalue weighted by atomic mass is 10.1. The maximum atomic E-state index is 12.6. The summed E-state index contributed by atoms with van der Waals surface area (Å²) in [5, 5.41) is 7.09. The summed E-state index contributed by atoms with van der Waals surface area (Å²) < 4.78 is 25.6. The van der Waals surface area contributed by atoms with Crippen LogP contribution in [-0.4, -0.2) is 10.2 Å². The topological polar surface area (TPSA) is 28.7 Å². The van der Waals surface area contributed by atoms with E-state index in [0.717, 1.165) is 0 Å². The zero-order chi connectivity index (χ0) is 10.3. The summed E-state index contributed by atoms with van der Waals surface area (Å²) in [5.74, 6) is 0. The molecule has 0 amide bonds. The Morgan fingerprint density at radius 3 is 2.86 bits per heavy atom. The number of alkyl halides is 2. The van der Waals surface area contributed by atoms with Gasteiger partial charge < -0.3 is 0 Å². The Morgan fingerprint density at radius 2 is 2.21 bits per heavy atom. The number of rotatable bonds is 1. The third-order valence-electron chi connectivity index (χ3n) is 1.89. The molecule has 74 valence electrons. The highest BCUT2D eigenvalue weighted by molar-refractivity contribution is 9.10. The van der Waals surface area contributed by atoms with Crippen LogP contribution >= 0.6 is 27.5 Å². The fraction of sp³-hybridized carbons (Fsp3) is 0.125.